The van der Waals surface area contributed by atoms with Crippen LogP contribution in [0.2, 0.25) is 0 Å². The Morgan fingerprint density at radius 2 is 1.60 bits per heavy atom. The third kappa shape index (κ3) is 3.86. The summed E-state index contributed by atoms with van der Waals surface area (Å²) in [7, 11) is 0. The van der Waals surface area contributed by atoms with Gasteiger partial charge in [-0.2, -0.15) is 5.10 Å². The van der Waals surface area contributed by atoms with E-state index in [4.69, 9.17) is 4.42 Å². The number of rotatable bonds is 4. The fraction of sp³-hybridized carbons (Fsp3) is 0.143. The number of carbonyl (C=O) groups is 1. The number of hydrazone groups is 1. The first-order valence-corrected chi connectivity index (χ1v) is 8.12. The van der Waals surface area contributed by atoms with Crippen molar-refractivity contribution in [2.45, 2.75) is 20.8 Å². The molecule has 0 bridgehead atoms. The average molecular weight is 332 g/mol. The molecule has 1 amide bonds. The molecule has 0 aliphatic rings. The van der Waals surface area contributed by atoms with Crippen molar-refractivity contribution in [1.29, 1.82) is 0 Å². The number of furan rings is 1. The molecule has 1 aromatic heterocycles. The lowest BCUT2D eigenvalue weighted by Gasteiger charge is -2.05. The highest BCUT2D eigenvalue weighted by Gasteiger charge is 2.12. The van der Waals surface area contributed by atoms with Gasteiger partial charge in [0, 0.05) is 0 Å². The first-order chi connectivity index (χ1) is 12.0. The van der Waals surface area contributed by atoms with Gasteiger partial charge in [0.25, 0.3) is 5.91 Å². The molecule has 4 heteroatoms. The maximum Gasteiger partial charge on any atom is 0.274 e. The fourth-order valence-electron chi connectivity index (χ4n) is 2.65. The van der Waals surface area contributed by atoms with Crippen molar-refractivity contribution in [3.8, 4) is 11.1 Å². The molecule has 0 saturated carbocycles. The molecule has 0 spiro atoms. The van der Waals surface area contributed by atoms with Crippen molar-refractivity contribution in [2.75, 3.05) is 0 Å². The predicted octanol–water partition coefficient (Wildman–Crippen LogP) is 4.72. The van der Waals surface area contributed by atoms with Crippen molar-refractivity contribution < 1.29 is 9.21 Å². The maximum atomic E-state index is 12.2. The zero-order chi connectivity index (χ0) is 17.8. The summed E-state index contributed by atoms with van der Waals surface area (Å²) in [5.74, 6) is 1.03. The summed E-state index contributed by atoms with van der Waals surface area (Å²) in [6.07, 6.45) is 0. The molecule has 4 nitrogen and oxygen atoms in total. The molecule has 0 aliphatic heterocycles. The van der Waals surface area contributed by atoms with E-state index >= 15 is 0 Å². The van der Waals surface area contributed by atoms with E-state index in [0.29, 0.717) is 17.1 Å². The Hall–Kier alpha value is -3.14. The number of benzene rings is 2. The summed E-state index contributed by atoms with van der Waals surface area (Å²) in [6.45, 7) is 5.44. The van der Waals surface area contributed by atoms with Crippen LogP contribution in [-0.2, 0) is 0 Å². The highest BCUT2D eigenvalue weighted by molar-refractivity contribution is 6.01. The van der Waals surface area contributed by atoms with Gasteiger partial charge in [0.15, 0.2) is 0 Å². The van der Waals surface area contributed by atoms with Crippen LogP contribution >= 0.6 is 0 Å². The molecular weight excluding hydrogens is 312 g/mol. The summed E-state index contributed by atoms with van der Waals surface area (Å²) in [4.78, 5) is 12.2. The van der Waals surface area contributed by atoms with Gasteiger partial charge in [0.1, 0.15) is 11.5 Å². The lowest BCUT2D eigenvalue weighted by atomic mass is 10.0. The number of carbonyl (C=O) groups excluding carboxylic acids is 1. The second-order valence-corrected chi connectivity index (χ2v) is 5.91. The van der Waals surface area contributed by atoms with Gasteiger partial charge in [-0.05, 0) is 43.5 Å². The van der Waals surface area contributed by atoms with Crippen LogP contribution in [0, 0.1) is 13.8 Å². The number of amides is 1. The summed E-state index contributed by atoms with van der Waals surface area (Å²) in [6, 6.07) is 20.0. The number of hydrogen-bond donors (Lipinski definition) is 1. The average Bonchev–Trinajstić information content (AvgIpc) is 2.98. The Bertz CT molecular complexity index is 907. The molecule has 3 rings (SSSR count). The molecule has 126 valence electrons. The Kier molecular flexibility index (Phi) is 4.80. The highest BCUT2D eigenvalue weighted by atomic mass is 16.3. The Balaban J connectivity index is 1.72. The van der Waals surface area contributed by atoms with Crippen LogP contribution in [0.3, 0.4) is 0 Å². The number of nitrogens with zero attached hydrogens (tertiary/aromatic N) is 1. The second-order valence-electron chi connectivity index (χ2n) is 5.91. The predicted molar refractivity (Wildman–Crippen MR) is 99.7 cm³/mol. The van der Waals surface area contributed by atoms with E-state index in [0.717, 1.165) is 16.8 Å². The number of nitrogens with one attached hydrogen (secondary N) is 1. The van der Waals surface area contributed by atoms with Crippen molar-refractivity contribution in [3.05, 3.63) is 83.3 Å². The normalized spacial score (nSPS) is 11.4. The molecular formula is C21H20N2O2. The van der Waals surface area contributed by atoms with Gasteiger partial charge in [0.05, 0.1) is 11.3 Å². The van der Waals surface area contributed by atoms with E-state index in [-0.39, 0.29) is 5.91 Å². The lowest BCUT2D eigenvalue weighted by Crippen LogP contribution is -2.19. The first kappa shape index (κ1) is 16.7. The van der Waals surface area contributed by atoms with Crippen LogP contribution in [0.25, 0.3) is 11.1 Å². The van der Waals surface area contributed by atoms with E-state index in [1.54, 1.807) is 13.0 Å². The molecule has 0 aliphatic carbocycles. The second kappa shape index (κ2) is 7.18. The SMILES string of the molecule is C/C(=N/NC(=O)c1cc(C)oc1C)c1ccc(-c2ccccc2)cc1. The highest BCUT2D eigenvalue weighted by Crippen LogP contribution is 2.19. The summed E-state index contributed by atoms with van der Waals surface area (Å²) >= 11 is 0. The first-order valence-electron chi connectivity index (χ1n) is 8.12. The fourth-order valence-corrected chi connectivity index (χ4v) is 2.65. The Morgan fingerprint density at radius 1 is 0.960 bits per heavy atom. The van der Waals surface area contributed by atoms with Gasteiger partial charge in [-0.25, -0.2) is 5.43 Å². The molecule has 0 fully saturated rings. The molecule has 25 heavy (non-hydrogen) atoms. The van der Waals surface area contributed by atoms with Gasteiger partial charge >= 0.3 is 0 Å². The summed E-state index contributed by atoms with van der Waals surface area (Å²) in [5.41, 5.74) is 7.11. The summed E-state index contributed by atoms with van der Waals surface area (Å²) < 4.78 is 5.37. The Labute approximate surface area is 147 Å². The van der Waals surface area contributed by atoms with E-state index < -0.39 is 0 Å². The molecule has 1 N–H and O–H groups in total. The maximum absolute atomic E-state index is 12.2. The van der Waals surface area contributed by atoms with Crippen molar-refractivity contribution >= 4 is 11.6 Å². The smallest absolute Gasteiger partial charge is 0.274 e. The topological polar surface area (TPSA) is 54.6 Å². The number of hydrogen-bond acceptors (Lipinski definition) is 3. The third-order valence-corrected chi connectivity index (χ3v) is 4.02. The van der Waals surface area contributed by atoms with Gasteiger partial charge in [-0.1, -0.05) is 54.6 Å². The molecule has 0 unspecified atom stereocenters. The zero-order valence-corrected chi connectivity index (χ0v) is 14.5. The minimum atomic E-state index is -0.269. The monoisotopic (exact) mass is 332 g/mol. The van der Waals surface area contributed by atoms with Crippen LogP contribution in [0.1, 0.15) is 34.4 Å². The van der Waals surface area contributed by atoms with Gasteiger partial charge in [-0.3, -0.25) is 4.79 Å². The van der Waals surface area contributed by atoms with Crippen molar-refractivity contribution in [1.82, 2.24) is 5.43 Å². The molecule has 0 atom stereocenters. The molecule has 1 heterocycles. The quantitative estimate of drug-likeness (QED) is 0.555. The Morgan fingerprint density at radius 3 is 2.20 bits per heavy atom. The third-order valence-electron chi connectivity index (χ3n) is 4.02. The van der Waals surface area contributed by atoms with Crippen LogP contribution in [0.4, 0.5) is 0 Å². The summed E-state index contributed by atoms with van der Waals surface area (Å²) in [5, 5.41) is 4.20. The van der Waals surface area contributed by atoms with E-state index in [9.17, 15) is 4.79 Å². The van der Waals surface area contributed by atoms with Crippen LogP contribution in [-0.4, -0.2) is 11.6 Å². The molecule has 3 aromatic rings. The van der Waals surface area contributed by atoms with Crippen molar-refractivity contribution in [3.63, 3.8) is 0 Å². The van der Waals surface area contributed by atoms with Gasteiger partial charge in [-0.15, -0.1) is 0 Å². The molecule has 2 aromatic carbocycles. The van der Waals surface area contributed by atoms with Crippen LogP contribution in [0.5, 0.6) is 0 Å². The zero-order valence-electron chi connectivity index (χ0n) is 14.5. The molecule has 0 saturated heterocycles. The standard InChI is InChI=1S/C21H20N2O2/c1-14-13-20(16(3)25-14)21(24)23-22-15(2)17-9-11-19(12-10-17)18-7-5-4-6-8-18/h4-13H,1-3H3,(H,23,24)/b22-15-. The van der Waals surface area contributed by atoms with Gasteiger partial charge in [0.2, 0.25) is 0 Å². The van der Waals surface area contributed by atoms with E-state index in [2.05, 4.69) is 34.8 Å². The van der Waals surface area contributed by atoms with E-state index in [1.807, 2.05) is 44.2 Å². The lowest BCUT2D eigenvalue weighted by molar-refractivity contribution is 0.0953. The van der Waals surface area contributed by atoms with E-state index in [1.165, 1.54) is 5.56 Å². The van der Waals surface area contributed by atoms with Gasteiger partial charge < -0.3 is 4.42 Å². The largest absolute Gasteiger partial charge is 0.466 e. The number of aryl methyl sites for hydroxylation is 2. The minimum Gasteiger partial charge on any atom is -0.466 e. The van der Waals surface area contributed by atoms with Crippen LogP contribution < -0.4 is 5.43 Å². The van der Waals surface area contributed by atoms with Crippen molar-refractivity contribution in [2.24, 2.45) is 5.10 Å². The van der Waals surface area contributed by atoms with Crippen LogP contribution in [0.15, 0.2) is 70.2 Å². The molecule has 0 radical (unpaired) electrons. The minimum absolute atomic E-state index is 0.269.